The van der Waals surface area contributed by atoms with Gasteiger partial charge in [-0.3, -0.25) is 0 Å². The van der Waals surface area contributed by atoms with Crippen molar-refractivity contribution in [2.45, 2.75) is 26.3 Å². The molecule has 0 aliphatic rings. The molecule has 0 N–H and O–H groups in total. The van der Waals surface area contributed by atoms with Crippen molar-refractivity contribution in [1.82, 2.24) is 4.57 Å². The minimum absolute atomic E-state index is 0.583. The number of unbranched alkanes of at least 4 members (excludes halogenated alkanes) is 1. The van der Waals surface area contributed by atoms with Gasteiger partial charge in [-0.15, -0.1) is 0 Å². The summed E-state index contributed by atoms with van der Waals surface area (Å²) in [7, 11) is 10.8. The molecule has 0 fully saturated rings. The van der Waals surface area contributed by atoms with Gasteiger partial charge in [0.25, 0.3) is 0 Å². The molecule has 74 valence electrons. The average Bonchev–Trinajstić information content (AvgIpc) is 2.49. The Morgan fingerprint density at radius 3 is 2.46 bits per heavy atom. The fourth-order valence-corrected chi connectivity index (χ4v) is 0.975. The van der Waals surface area contributed by atoms with E-state index in [1.54, 1.807) is 0 Å². The first kappa shape index (κ1) is 13.3. The molecular weight excluding hydrogens is 372 g/mol. The van der Waals surface area contributed by atoms with E-state index in [4.69, 9.17) is 0 Å². The molecule has 1 rings (SSSR count). The van der Waals surface area contributed by atoms with E-state index in [0.29, 0.717) is 0 Å². The van der Waals surface area contributed by atoms with Gasteiger partial charge in [0.05, 0.1) is 13.6 Å². The van der Waals surface area contributed by atoms with Gasteiger partial charge in [0.2, 0.25) is 6.33 Å². The molecule has 2 nitrogen and oxygen atoms in total. The summed E-state index contributed by atoms with van der Waals surface area (Å²) >= 11 is -0.583. The molecule has 0 aliphatic carbocycles. The van der Waals surface area contributed by atoms with Crippen molar-refractivity contribution in [3.8, 4) is 0 Å². The molecule has 0 bridgehead atoms. The van der Waals surface area contributed by atoms with Gasteiger partial charge in [0, 0.05) is 0 Å². The van der Waals surface area contributed by atoms with Gasteiger partial charge < -0.3 is 0 Å². The van der Waals surface area contributed by atoms with Crippen LogP contribution in [0.3, 0.4) is 0 Å². The Kier molecular flexibility index (Phi) is 9.15. The number of imidazole rings is 1. The molecule has 0 saturated heterocycles. The number of rotatable bonds is 3. The topological polar surface area (TPSA) is 8.81 Å². The quantitative estimate of drug-likeness (QED) is 0.737. The van der Waals surface area contributed by atoms with Gasteiger partial charge in [0.15, 0.2) is 0 Å². The molecule has 5 heteroatoms. The van der Waals surface area contributed by atoms with Crippen LogP contribution in [0.2, 0.25) is 0 Å². The fraction of sp³-hybridized carbons (Fsp3) is 0.625. The van der Waals surface area contributed by atoms with Crippen LogP contribution in [0.4, 0.5) is 0 Å². The number of hydrogen-bond donors (Lipinski definition) is 0. The van der Waals surface area contributed by atoms with Crippen LogP contribution in [0.25, 0.3) is 0 Å². The SMILES string of the molecule is CCCC[n+]1ccn(C)c1.[S]=[W]=[S]. The second-order valence-electron chi connectivity index (χ2n) is 2.74. The van der Waals surface area contributed by atoms with Crippen molar-refractivity contribution in [2.24, 2.45) is 7.05 Å². The van der Waals surface area contributed by atoms with Gasteiger partial charge in [0.1, 0.15) is 12.4 Å². The summed E-state index contributed by atoms with van der Waals surface area (Å²) in [5.41, 5.74) is 0. The van der Waals surface area contributed by atoms with E-state index in [0.717, 1.165) is 6.54 Å². The molecule has 13 heavy (non-hydrogen) atoms. The van der Waals surface area contributed by atoms with E-state index in [9.17, 15) is 0 Å². The Balaban J connectivity index is 0.000000424. The van der Waals surface area contributed by atoms with E-state index >= 15 is 0 Å². The summed E-state index contributed by atoms with van der Waals surface area (Å²) in [6.07, 6.45) is 8.82. The summed E-state index contributed by atoms with van der Waals surface area (Å²) < 4.78 is 4.28. The molecule has 1 aromatic heterocycles. The second kappa shape index (κ2) is 8.92. The van der Waals surface area contributed by atoms with Crippen LogP contribution in [-0.4, -0.2) is 4.57 Å². The maximum absolute atomic E-state index is 4.38. The third kappa shape index (κ3) is 7.41. The molecule has 0 saturated carbocycles. The zero-order chi connectivity index (χ0) is 10.1. The first-order chi connectivity index (χ1) is 6.24. The Hall–Kier alpha value is 0.338. The van der Waals surface area contributed by atoms with Crippen LogP contribution in [-0.2, 0) is 28.5 Å². The molecule has 0 spiro atoms. The van der Waals surface area contributed by atoms with Gasteiger partial charge in [-0.2, -0.15) is 0 Å². The molecule has 0 unspecified atom stereocenters. The van der Waals surface area contributed by atoms with Crippen molar-refractivity contribution in [3.05, 3.63) is 18.7 Å². The standard InChI is InChI=1S/C8H15N2.2S.W/c1-3-4-5-10-7-6-9(2)8-10;;;/h6-8H,3-5H2,1-2H3;;;/q+1;;;. The summed E-state index contributed by atoms with van der Waals surface area (Å²) in [6, 6.07) is 0. The zero-order valence-electron chi connectivity index (χ0n) is 7.97. The molecule has 0 atom stereocenters. The third-order valence-electron chi connectivity index (χ3n) is 1.59. The van der Waals surface area contributed by atoms with E-state index in [-0.39, 0.29) is 0 Å². The number of aryl methyl sites for hydroxylation is 2. The first-order valence-electron chi connectivity index (χ1n) is 4.17. The number of aromatic nitrogens is 2. The summed E-state index contributed by atoms with van der Waals surface area (Å²) in [5, 5.41) is 0. The molecule has 0 aliphatic heterocycles. The zero-order valence-corrected chi connectivity index (χ0v) is 12.5. The maximum atomic E-state index is 4.38. The number of hydrogen-bond acceptors (Lipinski definition) is 2. The van der Waals surface area contributed by atoms with Crippen LogP contribution >= 0.6 is 19.6 Å². The Morgan fingerprint density at radius 2 is 2.08 bits per heavy atom. The predicted molar refractivity (Wildman–Crippen MR) is 55.7 cm³/mol. The predicted octanol–water partition coefficient (Wildman–Crippen LogP) is 2.41. The molecule has 0 amide bonds. The summed E-state index contributed by atoms with van der Waals surface area (Å²) in [6.45, 7) is 3.36. The third-order valence-corrected chi connectivity index (χ3v) is 1.59. The van der Waals surface area contributed by atoms with Crippen LogP contribution in [0, 0.1) is 0 Å². The number of nitrogens with zero attached hydrogens (tertiary/aromatic N) is 2. The summed E-state index contributed by atoms with van der Waals surface area (Å²) in [5.74, 6) is 0. The van der Waals surface area contributed by atoms with E-state index < -0.39 is 14.9 Å². The fourth-order valence-electron chi connectivity index (χ4n) is 0.975. The molecule has 1 heterocycles. The van der Waals surface area contributed by atoms with E-state index in [1.165, 1.54) is 12.8 Å². The van der Waals surface area contributed by atoms with Crippen molar-refractivity contribution >= 4 is 19.6 Å². The van der Waals surface area contributed by atoms with Crippen molar-refractivity contribution < 1.29 is 19.5 Å². The first-order valence-corrected chi connectivity index (χ1v) is 12.0. The van der Waals surface area contributed by atoms with Crippen LogP contribution in [0.1, 0.15) is 19.8 Å². The average molecular weight is 387 g/mol. The second-order valence-corrected chi connectivity index (χ2v) is 7.68. The summed E-state index contributed by atoms with van der Waals surface area (Å²) in [4.78, 5) is 0. The van der Waals surface area contributed by atoms with Gasteiger partial charge in [-0.05, 0) is 6.42 Å². The Labute approximate surface area is 95.4 Å². The molecule has 1 aromatic rings. The van der Waals surface area contributed by atoms with Crippen LogP contribution in [0.15, 0.2) is 18.7 Å². The normalized spacial score (nSPS) is 8.77. The van der Waals surface area contributed by atoms with Crippen LogP contribution < -0.4 is 4.57 Å². The van der Waals surface area contributed by atoms with Crippen molar-refractivity contribution in [3.63, 3.8) is 0 Å². The van der Waals surface area contributed by atoms with E-state index in [1.807, 2.05) is 7.05 Å². The van der Waals surface area contributed by atoms with Gasteiger partial charge in [-0.1, -0.05) is 13.3 Å². The Morgan fingerprint density at radius 1 is 1.46 bits per heavy atom. The van der Waals surface area contributed by atoms with Crippen molar-refractivity contribution in [2.75, 3.05) is 0 Å². The Bertz CT molecular complexity index is 267. The molecule has 0 radical (unpaired) electrons. The van der Waals surface area contributed by atoms with Crippen LogP contribution in [0.5, 0.6) is 0 Å². The molecular formula is C8H15N2S2W+. The van der Waals surface area contributed by atoms with Gasteiger partial charge in [-0.25, -0.2) is 9.13 Å². The van der Waals surface area contributed by atoms with Gasteiger partial charge >= 0.3 is 34.6 Å². The molecule has 0 aromatic carbocycles. The van der Waals surface area contributed by atoms with Crippen molar-refractivity contribution in [1.29, 1.82) is 0 Å². The monoisotopic (exact) mass is 387 g/mol. The van der Waals surface area contributed by atoms with E-state index in [2.05, 4.69) is 54.4 Å². The minimum atomic E-state index is -0.583.